The van der Waals surface area contributed by atoms with E-state index in [-0.39, 0.29) is 17.4 Å². The summed E-state index contributed by atoms with van der Waals surface area (Å²) in [4.78, 5) is 22.8. The summed E-state index contributed by atoms with van der Waals surface area (Å²) in [5.74, 6) is 0.834. The molecule has 2 N–H and O–H groups in total. The Balaban J connectivity index is 1.43. The monoisotopic (exact) mass is 364 g/mol. The summed E-state index contributed by atoms with van der Waals surface area (Å²) in [5, 5.41) is 13.0. The Morgan fingerprint density at radius 3 is 2.89 bits per heavy atom. The van der Waals surface area contributed by atoms with E-state index in [1.54, 1.807) is 6.07 Å². The van der Waals surface area contributed by atoms with Gasteiger partial charge in [0.1, 0.15) is 5.82 Å². The maximum Gasteiger partial charge on any atom is 0.273 e. The molecule has 1 aromatic carbocycles. The number of carbonyl (C=O) groups is 1. The summed E-state index contributed by atoms with van der Waals surface area (Å²) in [5.41, 5.74) is 9.48. The smallest absolute Gasteiger partial charge is 0.273 e. The largest absolute Gasteiger partial charge is 0.355 e. The Kier molecular flexibility index (Phi) is 5.95. The van der Waals surface area contributed by atoms with Crippen LogP contribution in [0.5, 0.6) is 0 Å². The van der Waals surface area contributed by atoms with Crippen molar-refractivity contribution in [2.75, 3.05) is 18.4 Å². The number of hydrogen-bond acceptors (Lipinski definition) is 7. The van der Waals surface area contributed by atoms with Crippen molar-refractivity contribution >= 4 is 17.7 Å². The highest BCUT2D eigenvalue weighted by Gasteiger charge is 2.12. The second-order valence-corrected chi connectivity index (χ2v) is 5.41. The molecule has 2 heterocycles. The lowest BCUT2D eigenvalue weighted by Crippen LogP contribution is -2.26. The molecule has 0 aliphatic rings. The summed E-state index contributed by atoms with van der Waals surface area (Å²) in [6.45, 7) is 0.976. The van der Waals surface area contributed by atoms with Crippen molar-refractivity contribution in [3.05, 3.63) is 64.8 Å². The van der Waals surface area contributed by atoms with Crippen LogP contribution in [0.1, 0.15) is 16.9 Å². The third-order valence-corrected chi connectivity index (χ3v) is 3.51. The van der Waals surface area contributed by atoms with Crippen LogP contribution in [0.15, 0.2) is 58.3 Å². The zero-order chi connectivity index (χ0) is 18.9. The predicted octanol–water partition coefficient (Wildman–Crippen LogP) is 3.31. The van der Waals surface area contributed by atoms with Crippen molar-refractivity contribution < 1.29 is 9.32 Å². The van der Waals surface area contributed by atoms with Crippen LogP contribution in [0.2, 0.25) is 0 Å². The molecule has 0 aliphatic carbocycles. The molecule has 0 saturated carbocycles. The van der Waals surface area contributed by atoms with Gasteiger partial charge in [-0.25, -0.2) is 9.97 Å². The second kappa shape index (κ2) is 8.97. The molecule has 0 unspecified atom stereocenters. The molecular formula is C17H16N8O2. The highest BCUT2D eigenvalue weighted by atomic mass is 16.5. The van der Waals surface area contributed by atoms with Crippen molar-refractivity contribution in [1.82, 2.24) is 20.4 Å². The molecule has 0 fully saturated rings. The summed E-state index contributed by atoms with van der Waals surface area (Å²) >= 11 is 0. The van der Waals surface area contributed by atoms with Gasteiger partial charge in [-0.3, -0.25) is 4.79 Å². The van der Waals surface area contributed by atoms with E-state index in [4.69, 9.17) is 10.1 Å². The number of hydrogen-bond donors (Lipinski definition) is 2. The highest BCUT2D eigenvalue weighted by molar-refractivity contribution is 5.93. The lowest BCUT2D eigenvalue weighted by Gasteiger charge is -2.05. The number of azide groups is 1. The van der Waals surface area contributed by atoms with Gasteiger partial charge in [0.15, 0.2) is 11.5 Å². The Bertz CT molecular complexity index is 950. The van der Waals surface area contributed by atoms with E-state index < -0.39 is 0 Å². The van der Waals surface area contributed by atoms with Crippen molar-refractivity contribution in [2.45, 2.75) is 6.42 Å². The summed E-state index contributed by atoms with van der Waals surface area (Å²) < 4.78 is 5.21. The number of nitrogens with one attached hydrogen (secondary N) is 2. The first-order chi connectivity index (χ1) is 13.3. The van der Waals surface area contributed by atoms with Crippen molar-refractivity contribution in [3.8, 4) is 11.3 Å². The minimum Gasteiger partial charge on any atom is -0.355 e. The van der Waals surface area contributed by atoms with Gasteiger partial charge in [0, 0.05) is 35.8 Å². The lowest BCUT2D eigenvalue weighted by molar-refractivity contribution is 0.0944. The SMILES string of the molecule is [N-]=[N+]=Nc1ccnc(NCCCNC(=O)c2cc(-c3ccccc3)on2)n1. The van der Waals surface area contributed by atoms with E-state index in [1.165, 1.54) is 12.3 Å². The molecular weight excluding hydrogens is 348 g/mol. The van der Waals surface area contributed by atoms with Gasteiger partial charge in [0.2, 0.25) is 5.95 Å². The third-order valence-electron chi connectivity index (χ3n) is 3.51. The fourth-order valence-corrected chi connectivity index (χ4v) is 2.24. The Morgan fingerprint density at radius 2 is 2.07 bits per heavy atom. The minimum absolute atomic E-state index is 0.229. The Labute approximate surface area is 154 Å². The first kappa shape index (κ1) is 17.9. The lowest BCUT2D eigenvalue weighted by atomic mass is 10.1. The average Bonchev–Trinajstić information content (AvgIpc) is 3.19. The molecule has 0 saturated heterocycles. The first-order valence-electron chi connectivity index (χ1n) is 8.18. The Morgan fingerprint density at radius 1 is 1.22 bits per heavy atom. The third kappa shape index (κ3) is 5.03. The van der Waals surface area contributed by atoms with Gasteiger partial charge in [-0.2, -0.15) is 0 Å². The zero-order valence-corrected chi connectivity index (χ0v) is 14.2. The van der Waals surface area contributed by atoms with Crippen LogP contribution in [0.4, 0.5) is 11.8 Å². The summed E-state index contributed by atoms with van der Waals surface area (Å²) in [6.07, 6.45) is 2.14. The molecule has 0 radical (unpaired) electrons. The molecule has 10 nitrogen and oxygen atoms in total. The molecule has 2 aromatic heterocycles. The van der Waals surface area contributed by atoms with Gasteiger partial charge in [-0.1, -0.05) is 35.5 Å². The van der Waals surface area contributed by atoms with Gasteiger partial charge >= 0.3 is 0 Å². The number of carbonyl (C=O) groups excluding carboxylic acids is 1. The highest BCUT2D eigenvalue weighted by Crippen LogP contribution is 2.19. The van der Waals surface area contributed by atoms with Gasteiger partial charge in [0.05, 0.1) is 0 Å². The topological polar surface area (TPSA) is 142 Å². The molecule has 0 spiro atoms. The molecule has 0 atom stereocenters. The van der Waals surface area contributed by atoms with Crippen LogP contribution in [-0.2, 0) is 0 Å². The van der Waals surface area contributed by atoms with E-state index in [0.29, 0.717) is 31.2 Å². The molecule has 3 aromatic rings. The van der Waals surface area contributed by atoms with Gasteiger partial charge in [0.25, 0.3) is 5.91 Å². The van der Waals surface area contributed by atoms with E-state index >= 15 is 0 Å². The maximum absolute atomic E-state index is 12.1. The number of anilines is 1. The van der Waals surface area contributed by atoms with Crippen LogP contribution in [0, 0.1) is 0 Å². The molecule has 1 amide bonds. The quantitative estimate of drug-likeness (QED) is 0.272. The van der Waals surface area contributed by atoms with Gasteiger partial charge in [-0.05, 0) is 23.1 Å². The summed E-state index contributed by atoms with van der Waals surface area (Å²) in [7, 11) is 0. The zero-order valence-electron chi connectivity index (χ0n) is 14.2. The van der Waals surface area contributed by atoms with Crippen molar-refractivity contribution in [1.29, 1.82) is 0 Å². The first-order valence-corrected chi connectivity index (χ1v) is 8.18. The standard InChI is InChI=1S/C17H16N8O2/c18-25-23-15-7-10-21-17(22-15)20-9-4-8-19-16(26)13-11-14(27-24-13)12-5-2-1-3-6-12/h1-3,5-7,10-11H,4,8-9H2,(H,19,26)(H,20,21,22). The molecule has 136 valence electrons. The van der Waals surface area contributed by atoms with Crippen LogP contribution < -0.4 is 10.6 Å². The molecule has 3 rings (SSSR count). The number of nitrogens with zero attached hydrogens (tertiary/aromatic N) is 6. The van der Waals surface area contributed by atoms with Crippen molar-refractivity contribution in [2.24, 2.45) is 5.11 Å². The van der Waals surface area contributed by atoms with E-state index in [0.717, 1.165) is 5.56 Å². The number of benzene rings is 1. The van der Waals surface area contributed by atoms with Crippen LogP contribution >= 0.6 is 0 Å². The van der Waals surface area contributed by atoms with Crippen LogP contribution in [-0.4, -0.2) is 34.1 Å². The normalized spacial score (nSPS) is 10.1. The predicted molar refractivity (Wildman–Crippen MR) is 98.2 cm³/mol. The molecule has 10 heteroatoms. The maximum atomic E-state index is 12.1. The van der Waals surface area contributed by atoms with Crippen LogP contribution in [0.25, 0.3) is 21.8 Å². The van der Waals surface area contributed by atoms with Crippen LogP contribution in [0.3, 0.4) is 0 Å². The Hall–Kier alpha value is -3.91. The van der Waals surface area contributed by atoms with E-state index in [2.05, 4.69) is 35.8 Å². The van der Waals surface area contributed by atoms with Crippen molar-refractivity contribution in [3.63, 3.8) is 0 Å². The minimum atomic E-state index is -0.303. The molecule has 0 aliphatic heterocycles. The number of rotatable bonds is 8. The van der Waals surface area contributed by atoms with E-state index in [9.17, 15) is 4.79 Å². The second-order valence-electron chi connectivity index (χ2n) is 5.41. The van der Waals surface area contributed by atoms with E-state index in [1.807, 2.05) is 30.3 Å². The number of amides is 1. The number of aromatic nitrogens is 3. The fraction of sp³-hybridized carbons (Fsp3) is 0.176. The molecule has 0 bridgehead atoms. The molecule has 27 heavy (non-hydrogen) atoms. The average molecular weight is 364 g/mol. The fourth-order valence-electron chi connectivity index (χ4n) is 2.24. The van der Waals surface area contributed by atoms with Gasteiger partial charge < -0.3 is 15.2 Å². The van der Waals surface area contributed by atoms with Gasteiger partial charge in [-0.15, -0.1) is 0 Å². The summed E-state index contributed by atoms with van der Waals surface area (Å²) in [6, 6.07) is 12.6.